The molecule has 0 spiro atoms. The number of halogens is 1. The molecule has 3 aromatic rings. The van der Waals surface area contributed by atoms with Gasteiger partial charge in [0, 0.05) is 11.3 Å². The van der Waals surface area contributed by atoms with Crippen LogP contribution in [0.5, 0.6) is 0 Å². The monoisotopic (exact) mass is 439 g/mol. The lowest BCUT2D eigenvalue weighted by Gasteiger charge is -2.12. The van der Waals surface area contributed by atoms with E-state index in [-0.39, 0.29) is 10.0 Å². The maximum atomic E-state index is 13.0. The number of thiophene rings is 1. The molecular formula is C18H18FN3O3S3. The Kier molecular flexibility index (Phi) is 6.23. The Bertz CT molecular complexity index is 1060. The molecule has 1 aromatic carbocycles. The highest BCUT2D eigenvalue weighted by Gasteiger charge is 2.23. The zero-order valence-electron chi connectivity index (χ0n) is 15.1. The van der Waals surface area contributed by atoms with E-state index in [4.69, 9.17) is 0 Å². The summed E-state index contributed by atoms with van der Waals surface area (Å²) in [5.74, 6) is -0.793. The van der Waals surface area contributed by atoms with Gasteiger partial charge in [-0.05, 0) is 43.0 Å². The van der Waals surface area contributed by atoms with E-state index in [1.807, 2.05) is 6.92 Å². The molecular weight excluding hydrogens is 421 g/mol. The maximum absolute atomic E-state index is 13.0. The molecule has 0 saturated heterocycles. The van der Waals surface area contributed by atoms with Crippen LogP contribution in [0.1, 0.15) is 23.1 Å². The van der Waals surface area contributed by atoms with Crippen LogP contribution < -0.4 is 10.0 Å². The normalized spacial score (nSPS) is 12.7. The van der Waals surface area contributed by atoms with E-state index in [1.165, 1.54) is 36.5 Å². The number of benzene rings is 1. The molecule has 2 N–H and O–H groups in total. The van der Waals surface area contributed by atoms with Crippen LogP contribution in [0.2, 0.25) is 0 Å². The number of nitrogens with one attached hydrogen (secondary N) is 2. The van der Waals surface area contributed by atoms with E-state index in [9.17, 15) is 17.6 Å². The van der Waals surface area contributed by atoms with Crippen molar-refractivity contribution in [2.45, 2.75) is 30.5 Å². The average molecular weight is 440 g/mol. The van der Waals surface area contributed by atoms with E-state index in [1.54, 1.807) is 23.6 Å². The smallest absolute Gasteiger partial charge is 0.250 e. The van der Waals surface area contributed by atoms with Crippen LogP contribution in [0.4, 0.5) is 9.52 Å². The minimum atomic E-state index is -3.74. The standard InChI is InChI=1S/C18H18FN3O3S3/c1-11-15(10-13-5-7-14(19)8-6-13)27-18(20-11)21-17(23)12(2)22-28(24,25)16-4-3-9-26-16/h3-9,12,22H,10H2,1-2H3,(H,20,21,23). The first-order valence-electron chi connectivity index (χ1n) is 8.32. The van der Waals surface area contributed by atoms with E-state index in [2.05, 4.69) is 15.0 Å². The Morgan fingerprint density at radius 2 is 1.96 bits per heavy atom. The summed E-state index contributed by atoms with van der Waals surface area (Å²) in [6.45, 7) is 3.30. The van der Waals surface area contributed by atoms with Crippen LogP contribution in [0.15, 0.2) is 46.0 Å². The van der Waals surface area contributed by atoms with Gasteiger partial charge in [-0.1, -0.05) is 18.2 Å². The first-order valence-corrected chi connectivity index (χ1v) is 11.5. The first-order chi connectivity index (χ1) is 13.2. The molecule has 0 saturated carbocycles. The largest absolute Gasteiger partial charge is 0.301 e. The third kappa shape index (κ3) is 5.02. The number of hydrogen-bond donors (Lipinski definition) is 2. The Labute approximate surface area is 170 Å². The van der Waals surface area contributed by atoms with Crippen molar-refractivity contribution in [3.8, 4) is 0 Å². The van der Waals surface area contributed by atoms with Crippen molar-refractivity contribution in [3.05, 3.63) is 63.7 Å². The van der Waals surface area contributed by atoms with Crippen molar-refractivity contribution in [3.63, 3.8) is 0 Å². The number of rotatable bonds is 7. The number of carbonyl (C=O) groups excluding carboxylic acids is 1. The van der Waals surface area contributed by atoms with Gasteiger partial charge in [-0.2, -0.15) is 4.72 Å². The third-order valence-electron chi connectivity index (χ3n) is 3.89. The first kappa shape index (κ1) is 20.6. The molecule has 3 rings (SSSR count). The SMILES string of the molecule is Cc1nc(NC(=O)C(C)NS(=O)(=O)c2cccs2)sc1Cc1ccc(F)cc1. The number of amides is 1. The van der Waals surface area contributed by atoms with Gasteiger partial charge in [0.2, 0.25) is 5.91 Å². The number of thiazole rings is 1. The zero-order valence-corrected chi connectivity index (χ0v) is 17.6. The fourth-order valence-corrected chi connectivity index (χ4v) is 5.62. The number of anilines is 1. The lowest BCUT2D eigenvalue weighted by atomic mass is 10.1. The molecule has 148 valence electrons. The Hall–Kier alpha value is -2.14. The number of sulfonamides is 1. The van der Waals surface area contributed by atoms with Gasteiger partial charge in [-0.3, -0.25) is 4.79 Å². The highest BCUT2D eigenvalue weighted by molar-refractivity contribution is 7.91. The summed E-state index contributed by atoms with van der Waals surface area (Å²) in [6, 6.07) is 8.35. The van der Waals surface area contributed by atoms with E-state index in [0.29, 0.717) is 11.6 Å². The fourth-order valence-electron chi connectivity index (χ4n) is 2.41. The number of carbonyl (C=O) groups is 1. The minimum Gasteiger partial charge on any atom is -0.301 e. The maximum Gasteiger partial charge on any atom is 0.250 e. The molecule has 2 aromatic heterocycles. The van der Waals surface area contributed by atoms with Crippen molar-refractivity contribution >= 4 is 43.7 Å². The molecule has 28 heavy (non-hydrogen) atoms. The quantitative estimate of drug-likeness (QED) is 0.589. The van der Waals surface area contributed by atoms with Crippen LogP contribution in [0, 0.1) is 12.7 Å². The lowest BCUT2D eigenvalue weighted by Crippen LogP contribution is -2.41. The molecule has 0 bridgehead atoms. The van der Waals surface area contributed by atoms with Gasteiger partial charge >= 0.3 is 0 Å². The highest BCUT2D eigenvalue weighted by Crippen LogP contribution is 2.25. The zero-order chi connectivity index (χ0) is 20.3. The molecule has 1 atom stereocenters. The van der Waals surface area contributed by atoms with E-state index in [0.717, 1.165) is 27.5 Å². The summed E-state index contributed by atoms with van der Waals surface area (Å²) in [5.41, 5.74) is 1.69. The fraction of sp³-hybridized carbons (Fsp3) is 0.222. The number of aromatic nitrogens is 1. The molecule has 0 aliphatic heterocycles. The summed E-state index contributed by atoms with van der Waals surface area (Å²) in [5, 5.41) is 4.69. The molecule has 10 heteroatoms. The second-order valence-corrected chi connectivity index (χ2v) is 10.1. The summed E-state index contributed by atoms with van der Waals surface area (Å²) < 4.78 is 40.0. The van der Waals surface area contributed by atoms with Crippen LogP contribution in [-0.2, 0) is 21.2 Å². The van der Waals surface area contributed by atoms with E-state index >= 15 is 0 Å². The second kappa shape index (κ2) is 8.48. The minimum absolute atomic E-state index is 0.152. The Morgan fingerprint density at radius 3 is 2.61 bits per heavy atom. The number of hydrogen-bond acceptors (Lipinski definition) is 6. The van der Waals surface area contributed by atoms with Crippen molar-refractivity contribution in [2.24, 2.45) is 0 Å². The predicted octanol–water partition coefficient (Wildman–Crippen LogP) is 3.55. The molecule has 0 aliphatic rings. The van der Waals surface area contributed by atoms with Gasteiger partial charge in [-0.15, -0.1) is 22.7 Å². The van der Waals surface area contributed by atoms with Crippen LogP contribution in [-0.4, -0.2) is 25.4 Å². The lowest BCUT2D eigenvalue weighted by molar-refractivity contribution is -0.117. The van der Waals surface area contributed by atoms with Gasteiger partial charge in [0.25, 0.3) is 10.0 Å². The van der Waals surface area contributed by atoms with Gasteiger partial charge in [-0.25, -0.2) is 17.8 Å². The summed E-state index contributed by atoms with van der Waals surface area (Å²) in [4.78, 5) is 17.6. The average Bonchev–Trinajstić information content (AvgIpc) is 3.28. The topological polar surface area (TPSA) is 88.2 Å². The van der Waals surface area contributed by atoms with Crippen LogP contribution in [0.3, 0.4) is 0 Å². The van der Waals surface area contributed by atoms with Crippen molar-refractivity contribution in [1.82, 2.24) is 9.71 Å². The molecule has 2 heterocycles. The van der Waals surface area contributed by atoms with Gasteiger partial charge in [0.05, 0.1) is 11.7 Å². The summed E-state index contributed by atoms with van der Waals surface area (Å²) in [7, 11) is -3.74. The molecule has 0 radical (unpaired) electrons. The predicted molar refractivity (Wildman–Crippen MR) is 109 cm³/mol. The number of aryl methyl sites for hydroxylation is 1. The number of nitrogens with zero attached hydrogens (tertiary/aromatic N) is 1. The molecule has 0 aliphatic carbocycles. The van der Waals surface area contributed by atoms with Gasteiger partial charge in [0.1, 0.15) is 10.0 Å². The summed E-state index contributed by atoms with van der Waals surface area (Å²) >= 11 is 2.39. The molecule has 1 unspecified atom stereocenters. The Balaban J connectivity index is 1.65. The Morgan fingerprint density at radius 1 is 1.25 bits per heavy atom. The van der Waals surface area contributed by atoms with Gasteiger partial charge in [0.15, 0.2) is 5.13 Å². The third-order valence-corrected chi connectivity index (χ3v) is 7.90. The van der Waals surface area contributed by atoms with Crippen molar-refractivity contribution < 1.29 is 17.6 Å². The van der Waals surface area contributed by atoms with Crippen molar-refractivity contribution in [1.29, 1.82) is 0 Å². The summed E-state index contributed by atoms with van der Waals surface area (Å²) in [6.07, 6.45) is 0.570. The van der Waals surface area contributed by atoms with Crippen LogP contribution >= 0.6 is 22.7 Å². The highest BCUT2D eigenvalue weighted by atomic mass is 32.2. The molecule has 1 amide bonds. The molecule has 0 fully saturated rings. The van der Waals surface area contributed by atoms with E-state index < -0.39 is 22.0 Å². The van der Waals surface area contributed by atoms with Crippen molar-refractivity contribution in [2.75, 3.05) is 5.32 Å². The van der Waals surface area contributed by atoms with Crippen LogP contribution in [0.25, 0.3) is 0 Å². The van der Waals surface area contributed by atoms with Gasteiger partial charge < -0.3 is 5.32 Å². The molecule has 6 nitrogen and oxygen atoms in total. The second-order valence-electron chi connectivity index (χ2n) is 6.10.